The molecule has 1 saturated heterocycles. The number of halogens is 1. The van der Waals surface area contributed by atoms with E-state index in [2.05, 4.69) is 58.2 Å². The zero-order valence-corrected chi connectivity index (χ0v) is 8.84. The van der Waals surface area contributed by atoms with Crippen LogP contribution in [0.4, 0.5) is 0 Å². The summed E-state index contributed by atoms with van der Waals surface area (Å²) in [5.74, 6) is 0. The molecule has 2 heteroatoms. The molecule has 1 heterocycles. The third-order valence-electron chi connectivity index (χ3n) is 1.94. The predicted molar refractivity (Wildman–Crippen MR) is 60.0 cm³/mol. The average molecular weight is 271 g/mol. The highest BCUT2D eigenvalue weighted by Gasteiger charge is 2.05. The third-order valence-corrected chi connectivity index (χ3v) is 2.66. The van der Waals surface area contributed by atoms with E-state index in [9.17, 15) is 0 Å². The minimum absolute atomic E-state index is 1.06. The van der Waals surface area contributed by atoms with Gasteiger partial charge in [0.15, 0.2) is 0 Å². The second kappa shape index (κ2) is 3.58. The Kier molecular flexibility index (Phi) is 2.46. The normalized spacial score (nSPS) is 15.6. The standard InChI is InChI=1S/C10H10IN/c11-10-3-1-8(2-4-10)5-9-6-12-7-9/h1-5,12H,6-7H2. The van der Waals surface area contributed by atoms with Gasteiger partial charge in [0.1, 0.15) is 0 Å². The first-order chi connectivity index (χ1) is 5.84. The summed E-state index contributed by atoms with van der Waals surface area (Å²) < 4.78 is 1.29. The first-order valence-electron chi connectivity index (χ1n) is 4.00. The fourth-order valence-corrected chi connectivity index (χ4v) is 1.53. The van der Waals surface area contributed by atoms with Crippen molar-refractivity contribution in [3.63, 3.8) is 0 Å². The van der Waals surface area contributed by atoms with Crippen molar-refractivity contribution < 1.29 is 0 Å². The van der Waals surface area contributed by atoms with Crippen molar-refractivity contribution in [1.82, 2.24) is 5.32 Å². The van der Waals surface area contributed by atoms with E-state index in [1.165, 1.54) is 14.7 Å². The van der Waals surface area contributed by atoms with Crippen LogP contribution in [-0.2, 0) is 0 Å². The molecule has 0 spiro atoms. The lowest BCUT2D eigenvalue weighted by molar-refractivity contribution is 0.675. The number of nitrogens with one attached hydrogen (secondary N) is 1. The Morgan fingerprint density at radius 2 is 1.83 bits per heavy atom. The van der Waals surface area contributed by atoms with Crippen LogP contribution in [0.25, 0.3) is 6.08 Å². The Morgan fingerprint density at radius 1 is 1.17 bits per heavy atom. The quantitative estimate of drug-likeness (QED) is 0.773. The molecule has 1 nitrogen and oxygen atoms in total. The molecule has 1 aromatic carbocycles. The molecule has 1 fully saturated rings. The zero-order valence-electron chi connectivity index (χ0n) is 6.68. The van der Waals surface area contributed by atoms with Gasteiger partial charge in [-0.1, -0.05) is 18.2 Å². The molecule has 0 atom stereocenters. The van der Waals surface area contributed by atoms with Crippen molar-refractivity contribution in [1.29, 1.82) is 0 Å². The molecule has 0 saturated carbocycles. The van der Waals surface area contributed by atoms with Gasteiger partial charge in [0.25, 0.3) is 0 Å². The maximum atomic E-state index is 3.22. The van der Waals surface area contributed by atoms with E-state index >= 15 is 0 Å². The summed E-state index contributed by atoms with van der Waals surface area (Å²) in [5, 5.41) is 3.22. The van der Waals surface area contributed by atoms with Crippen LogP contribution in [0.15, 0.2) is 29.8 Å². The summed E-state index contributed by atoms with van der Waals surface area (Å²) in [6.45, 7) is 2.12. The summed E-state index contributed by atoms with van der Waals surface area (Å²) in [6.07, 6.45) is 2.26. The van der Waals surface area contributed by atoms with E-state index in [0.717, 1.165) is 13.1 Å². The lowest BCUT2D eigenvalue weighted by atomic mass is 10.1. The van der Waals surface area contributed by atoms with E-state index in [1.54, 1.807) is 0 Å². The van der Waals surface area contributed by atoms with E-state index in [0.29, 0.717) is 0 Å². The van der Waals surface area contributed by atoms with Crippen molar-refractivity contribution >= 4 is 28.7 Å². The molecule has 2 rings (SSSR count). The van der Waals surface area contributed by atoms with Crippen molar-refractivity contribution in [2.45, 2.75) is 0 Å². The molecule has 1 aliphatic heterocycles. The van der Waals surface area contributed by atoms with E-state index in [-0.39, 0.29) is 0 Å². The summed E-state index contributed by atoms with van der Waals surface area (Å²) in [6, 6.07) is 8.60. The Bertz CT molecular complexity index is 294. The van der Waals surface area contributed by atoms with Crippen LogP contribution in [0.2, 0.25) is 0 Å². The van der Waals surface area contributed by atoms with Gasteiger partial charge in [-0.3, -0.25) is 0 Å². The number of hydrogen-bond acceptors (Lipinski definition) is 1. The molecule has 1 aliphatic rings. The zero-order chi connectivity index (χ0) is 8.39. The molecule has 0 amide bonds. The molecule has 1 aromatic rings. The number of hydrogen-bond donors (Lipinski definition) is 1. The van der Waals surface area contributed by atoms with Gasteiger partial charge >= 0.3 is 0 Å². The van der Waals surface area contributed by atoms with Crippen molar-refractivity contribution in [3.8, 4) is 0 Å². The Balaban J connectivity index is 2.18. The Hall–Kier alpha value is -0.350. The molecule has 0 radical (unpaired) electrons. The minimum atomic E-state index is 1.06. The van der Waals surface area contributed by atoms with Gasteiger partial charge in [0, 0.05) is 16.7 Å². The maximum absolute atomic E-state index is 3.22. The van der Waals surface area contributed by atoms with Crippen LogP contribution in [-0.4, -0.2) is 13.1 Å². The summed E-state index contributed by atoms with van der Waals surface area (Å²) in [7, 11) is 0. The van der Waals surface area contributed by atoms with Gasteiger partial charge in [0.05, 0.1) is 0 Å². The van der Waals surface area contributed by atoms with Crippen LogP contribution in [0.5, 0.6) is 0 Å². The molecule has 0 aliphatic carbocycles. The van der Waals surface area contributed by atoms with Gasteiger partial charge in [-0.15, -0.1) is 0 Å². The van der Waals surface area contributed by atoms with Gasteiger partial charge in [0.2, 0.25) is 0 Å². The molecule has 1 N–H and O–H groups in total. The SMILES string of the molecule is Ic1ccc(C=C2CNC2)cc1. The Labute approximate surface area is 86.0 Å². The first-order valence-corrected chi connectivity index (χ1v) is 5.08. The molecular formula is C10H10IN. The second-order valence-electron chi connectivity index (χ2n) is 2.96. The fraction of sp³-hybridized carbons (Fsp3) is 0.200. The van der Waals surface area contributed by atoms with E-state index < -0.39 is 0 Å². The lowest BCUT2D eigenvalue weighted by Crippen LogP contribution is -2.33. The van der Waals surface area contributed by atoms with E-state index in [1.807, 2.05) is 0 Å². The summed E-state index contributed by atoms with van der Waals surface area (Å²) in [4.78, 5) is 0. The highest BCUT2D eigenvalue weighted by molar-refractivity contribution is 14.1. The number of benzene rings is 1. The van der Waals surface area contributed by atoms with Crippen LogP contribution in [0.3, 0.4) is 0 Å². The van der Waals surface area contributed by atoms with Crippen LogP contribution in [0.1, 0.15) is 5.56 Å². The van der Waals surface area contributed by atoms with Gasteiger partial charge < -0.3 is 5.32 Å². The molecule has 0 bridgehead atoms. The maximum Gasteiger partial charge on any atom is 0.0183 e. The Morgan fingerprint density at radius 3 is 2.33 bits per heavy atom. The van der Waals surface area contributed by atoms with E-state index in [4.69, 9.17) is 0 Å². The minimum Gasteiger partial charge on any atom is -0.309 e. The molecule has 0 aromatic heterocycles. The monoisotopic (exact) mass is 271 g/mol. The largest absolute Gasteiger partial charge is 0.309 e. The summed E-state index contributed by atoms with van der Waals surface area (Å²) in [5.41, 5.74) is 2.81. The molecule has 62 valence electrons. The first kappa shape index (κ1) is 8.26. The van der Waals surface area contributed by atoms with Gasteiger partial charge in [-0.05, 0) is 45.9 Å². The lowest BCUT2D eigenvalue weighted by Gasteiger charge is -2.18. The van der Waals surface area contributed by atoms with Crippen molar-refractivity contribution in [2.24, 2.45) is 0 Å². The predicted octanol–water partition coefficient (Wildman–Crippen LogP) is 2.28. The third kappa shape index (κ3) is 1.87. The number of rotatable bonds is 1. The molecule has 12 heavy (non-hydrogen) atoms. The van der Waals surface area contributed by atoms with Crippen LogP contribution in [0, 0.1) is 3.57 Å². The molecular weight excluding hydrogens is 261 g/mol. The van der Waals surface area contributed by atoms with Crippen LogP contribution >= 0.6 is 22.6 Å². The van der Waals surface area contributed by atoms with Gasteiger partial charge in [-0.25, -0.2) is 0 Å². The highest BCUT2D eigenvalue weighted by atomic mass is 127. The smallest absolute Gasteiger partial charge is 0.0183 e. The van der Waals surface area contributed by atoms with Gasteiger partial charge in [-0.2, -0.15) is 0 Å². The van der Waals surface area contributed by atoms with Crippen molar-refractivity contribution in [3.05, 3.63) is 39.0 Å². The average Bonchev–Trinajstić information content (AvgIpc) is 2.00. The van der Waals surface area contributed by atoms with Crippen molar-refractivity contribution in [2.75, 3.05) is 13.1 Å². The fourth-order valence-electron chi connectivity index (χ4n) is 1.17. The second-order valence-corrected chi connectivity index (χ2v) is 4.20. The van der Waals surface area contributed by atoms with Crippen LogP contribution < -0.4 is 5.32 Å². The summed E-state index contributed by atoms with van der Waals surface area (Å²) >= 11 is 2.32. The molecule has 0 unspecified atom stereocenters. The topological polar surface area (TPSA) is 12.0 Å². The highest BCUT2D eigenvalue weighted by Crippen LogP contribution is 2.12.